The van der Waals surface area contributed by atoms with Crippen LogP contribution < -0.4 is 15.8 Å². The third-order valence-electron chi connectivity index (χ3n) is 3.32. The van der Waals surface area contributed by atoms with E-state index in [4.69, 9.17) is 10.5 Å². The molecule has 0 heterocycles. The molecule has 0 spiro atoms. The molecule has 0 aliphatic rings. The summed E-state index contributed by atoms with van der Waals surface area (Å²) in [6.45, 7) is 5.82. The molecule has 1 amide bonds. The van der Waals surface area contributed by atoms with E-state index >= 15 is 0 Å². The molecule has 3 N–H and O–H groups in total. The van der Waals surface area contributed by atoms with Crippen molar-refractivity contribution in [2.45, 2.75) is 26.8 Å². The Balaban J connectivity index is 1.99. The Morgan fingerprint density at radius 2 is 1.55 bits per heavy atom. The predicted octanol–water partition coefficient (Wildman–Crippen LogP) is 3.79. The molecule has 2 rings (SSSR count). The highest BCUT2D eigenvalue weighted by Crippen LogP contribution is 2.23. The quantitative estimate of drug-likeness (QED) is 0.902. The van der Waals surface area contributed by atoms with Crippen LogP contribution in [0.2, 0.25) is 0 Å². The molecule has 4 heteroatoms. The van der Waals surface area contributed by atoms with Gasteiger partial charge in [-0.1, -0.05) is 39.0 Å². The molecule has 0 fully saturated rings. The second-order valence-corrected chi connectivity index (χ2v) is 6.27. The summed E-state index contributed by atoms with van der Waals surface area (Å²) in [7, 11) is 0. The monoisotopic (exact) mass is 298 g/mol. The Morgan fingerprint density at radius 1 is 1.00 bits per heavy atom. The van der Waals surface area contributed by atoms with Gasteiger partial charge < -0.3 is 15.8 Å². The maximum Gasteiger partial charge on any atom is 0.241 e. The molecule has 0 saturated heterocycles. The SMILES string of the molecule is CC(C)(C)[C@H](N)C(=O)Nc1ccc(Oc2ccccc2)cc1. The number of benzene rings is 2. The Kier molecular flexibility index (Phi) is 4.83. The molecule has 0 aliphatic heterocycles. The van der Waals surface area contributed by atoms with Crippen LogP contribution in [0.3, 0.4) is 0 Å². The number of anilines is 1. The molecule has 2 aromatic rings. The zero-order valence-electron chi connectivity index (χ0n) is 13.2. The number of carbonyl (C=O) groups is 1. The van der Waals surface area contributed by atoms with Gasteiger partial charge in [-0.25, -0.2) is 0 Å². The van der Waals surface area contributed by atoms with Gasteiger partial charge in [-0.3, -0.25) is 4.79 Å². The van der Waals surface area contributed by atoms with E-state index in [1.165, 1.54) is 0 Å². The number of carbonyl (C=O) groups excluding carboxylic acids is 1. The van der Waals surface area contributed by atoms with Gasteiger partial charge in [-0.15, -0.1) is 0 Å². The van der Waals surface area contributed by atoms with E-state index in [0.717, 1.165) is 5.75 Å². The van der Waals surface area contributed by atoms with Gasteiger partial charge in [0.05, 0.1) is 6.04 Å². The van der Waals surface area contributed by atoms with Crippen LogP contribution in [0, 0.1) is 5.41 Å². The van der Waals surface area contributed by atoms with Gasteiger partial charge >= 0.3 is 0 Å². The average Bonchev–Trinajstić information content (AvgIpc) is 2.48. The minimum absolute atomic E-state index is 0.191. The van der Waals surface area contributed by atoms with Crippen LogP contribution in [-0.4, -0.2) is 11.9 Å². The normalized spacial score (nSPS) is 12.5. The fraction of sp³-hybridized carbons (Fsp3) is 0.278. The van der Waals surface area contributed by atoms with Gasteiger partial charge in [0, 0.05) is 5.69 Å². The van der Waals surface area contributed by atoms with Gasteiger partial charge in [0.1, 0.15) is 11.5 Å². The summed E-state index contributed by atoms with van der Waals surface area (Å²) in [5.41, 5.74) is 6.36. The van der Waals surface area contributed by atoms with Gasteiger partial charge in [0.2, 0.25) is 5.91 Å². The average molecular weight is 298 g/mol. The summed E-state index contributed by atoms with van der Waals surface area (Å²) < 4.78 is 5.70. The van der Waals surface area contributed by atoms with E-state index in [1.807, 2.05) is 63.2 Å². The summed E-state index contributed by atoms with van der Waals surface area (Å²) in [5.74, 6) is 1.29. The first-order valence-electron chi connectivity index (χ1n) is 7.26. The lowest BCUT2D eigenvalue weighted by atomic mass is 9.87. The van der Waals surface area contributed by atoms with Gasteiger partial charge in [-0.2, -0.15) is 0 Å². The van der Waals surface area contributed by atoms with Gasteiger partial charge in [0.25, 0.3) is 0 Å². The predicted molar refractivity (Wildman–Crippen MR) is 89.0 cm³/mol. The van der Waals surface area contributed by atoms with Crippen molar-refractivity contribution in [1.29, 1.82) is 0 Å². The number of ether oxygens (including phenoxy) is 1. The zero-order chi connectivity index (χ0) is 16.2. The van der Waals surface area contributed by atoms with Crippen LogP contribution in [0.4, 0.5) is 5.69 Å². The number of hydrogen-bond acceptors (Lipinski definition) is 3. The maximum atomic E-state index is 12.1. The molecule has 0 aromatic heterocycles. The molecule has 2 aromatic carbocycles. The lowest BCUT2D eigenvalue weighted by Crippen LogP contribution is -2.45. The second-order valence-electron chi connectivity index (χ2n) is 6.27. The lowest BCUT2D eigenvalue weighted by Gasteiger charge is -2.25. The smallest absolute Gasteiger partial charge is 0.241 e. The topological polar surface area (TPSA) is 64.4 Å². The third kappa shape index (κ3) is 4.33. The van der Waals surface area contributed by atoms with Crippen molar-refractivity contribution in [3.8, 4) is 11.5 Å². The van der Waals surface area contributed by atoms with E-state index in [1.54, 1.807) is 12.1 Å². The lowest BCUT2D eigenvalue weighted by molar-refractivity contribution is -0.119. The van der Waals surface area contributed by atoms with Crippen LogP contribution in [0.5, 0.6) is 11.5 Å². The van der Waals surface area contributed by atoms with Crippen molar-refractivity contribution >= 4 is 11.6 Å². The largest absolute Gasteiger partial charge is 0.457 e. The Bertz CT molecular complexity index is 616. The van der Waals surface area contributed by atoms with E-state index in [9.17, 15) is 4.79 Å². The second kappa shape index (κ2) is 6.62. The summed E-state index contributed by atoms with van der Waals surface area (Å²) in [5, 5.41) is 2.82. The van der Waals surface area contributed by atoms with Crippen LogP contribution >= 0.6 is 0 Å². The fourth-order valence-corrected chi connectivity index (χ4v) is 1.84. The van der Waals surface area contributed by atoms with Crippen molar-refractivity contribution in [3.05, 3.63) is 54.6 Å². The minimum atomic E-state index is -0.562. The van der Waals surface area contributed by atoms with Crippen LogP contribution in [0.25, 0.3) is 0 Å². The van der Waals surface area contributed by atoms with Crippen molar-refractivity contribution in [2.24, 2.45) is 11.1 Å². The Hall–Kier alpha value is -2.33. The Labute approximate surface area is 131 Å². The molecular formula is C18H22N2O2. The zero-order valence-corrected chi connectivity index (χ0v) is 13.2. The third-order valence-corrected chi connectivity index (χ3v) is 3.32. The molecule has 1 atom stereocenters. The molecular weight excluding hydrogens is 276 g/mol. The molecule has 0 radical (unpaired) electrons. The summed E-state index contributed by atoms with van der Waals surface area (Å²) in [4.78, 5) is 12.1. The summed E-state index contributed by atoms with van der Waals surface area (Å²) in [6.07, 6.45) is 0. The molecule has 0 saturated carbocycles. The number of amides is 1. The molecule has 0 unspecified atom stereocenters. The highest BCUT2D eigenvalue weighted by Gasteiger charge is 2.27. The number of nitrogens with one attached hydrogen (secondary N) is 1. The highest BCUT2D eigenvalue weighted by atomic mass is 16.5. The first kappa shape index (κ1) is 16.0. The first-order valence-corrected chi connectivity index (χ1v) is 7.26. The van der Waals surface area contributed by atoms with Crippen molar-refractivity contribution in [1.82, 2.24) is 0 Å². The van der Waals surface area contributed by atoms with Crippen molar-refractivity contribution in [2.75, 3.05) is 5.32 Å². The summed E-state index contributed by atoms with van der Waals surface area (Å²) in [6, 6.07) is 16.2. The van der Waals surface area contributed by atoms with Gasteiger partial charge in [-0.05, 0) is 41.8 Å². The van der Waals surface area contributed by atoms with E-state index in [2.05, 4.69) is 5.32 Å². The molecule has 4 nitrogen and oxygen atoms in total. The van der Waals surface area contributed by atoms with E-state index in [0.29, 0.717) is 11.4 Å². The number of hydrogen-bond donors (Lipinski definition) is 2. The van der Waals surface area contributed by atoms with Crippen LogP contribution in [0.15, 0.2) is 54.6 Å². The standard InChI is InChI=1S/C18H22N2O2/c1-18(2,3)16(19)17(21)20-13-9-11-15(12-10-13)22-14-7-5-4-6-8-14/h4-12,16H,19H2,1-3H3,(H,20,21)/t16-/m1/s1. The number of rotatable bonds is 4. The maximum absolute atomic E-state index is 12.1. The minimum Gasteiger partial charge on any atom is -0.457 e. The van der Waals surface area contributed by atoms with E-state index < -0.39 is 6.04 Å². The highest BCUT2D eigenvalue weighted by molar-refractivity contribution is 5.95. The van der Waals surface area contributed by atoms with Crippen LogP contribution in [0.1, 0.15) is 20.8 Å². The first-order chi connectivity index (χ1) is 10.4. The molecule has 116 valence electrons. The van der Waals surface area contributed by atoms with Gasteiger partial charge in [0.15, 0.2) is 0 Å². The number of para-hydroxylation sites is 1. The van der Waals surface area contributed by atoms with Crippen molar-refractivity contribution in [3.63, 3.8) is 0 Å². The molecule has 22 heavy (non-hydrogen) atoms. The fourth-order valence-electron chi connectivity index (χ4n) is 1.84. The van der Waals surface area contributed by atoms with Crippen LogP contribution in [-0.2, 0) is 4.79 Å². The van der Waals surface area contributed by atoms with E-state index in [-0.39, 0.29) is 11.3 Å². The number of nitrogens with two attached hydrogens (primary N) is 1. The Morgan fingerprint density at radius 3 is 2.09 bits per heavy atom. The molecule has 0 aliphatic carbocycles. The van der Waals surface area contributed by atoms with Crippen molar-refractivity contribution < 1.29 is 9.53 Å². The summed E-state index contributed by atoms with van der Waals surface area (Å²) >= 11 is 0. The molecule has 0 bridgehead atoms.